The monoisotopic (exact) mass is 277 g/mol. The van der Waals surface area contributed by atoms with Crippen molar-refractivity contribution in [2.45, 2.75) is 19.8 Å². The van der Waals surface area contributed by atoms with Gasteiger partial charge in [-0.3, -0.25) is 0 Å². The van der Waals surface area contributed by atoms with Crippen molar-refractivity contribution in [1.29, 1.82) is 0 Å². The molecule has 0 aliphatic rings. The molecular weight excluding hydrogens is 246 g/mol. The van der Waals surface area contributed by atoms with Crippen LogP contribution in [0.2, 0.25) is 0 Å². The van der Waals surface area contributed by atoms with E-state index in [0.29, 0.717) is 0 Å². The van der Waals surface area contributed by atoms with Crippen LogP contribution in [0.5, 0.6) is 0 Å². The van der Waals surface area contributed by atoms with E-state index in [1.807, 2.05) is 0 Å². The Labute approximate surface area is 125 Å². The Kier molecular flexibility index (Phi) is 7.63. The minimum absolute atomic E-state index is 1.11. The Hall–Kier alpha value is -1.06. The normalized spacial score (nSPS) is 11.3. The third-order valence-corrected chi connectivity index (χ3v) is 3.71. The molecule has 0 aromatic heterocycles. The van der Waals surface area contributed by atoms with E-state index >= 15 is 0 Å². The fraction of sp³-hybridized carbons (Fsp3) is 0.647. The van der Waals surface area contributed by atoms with Gasteiger partial charge >= 0.3 is 0 Å². The van der Waals surface area contributed by atoms with E-state index in [4.69, 9.17) is 0 Å². The lowest BCUT2D eigenvalue weighted by Gasteiger charge is -2.23. The van der Waals surface area contributed by atoms with Gasteiger partial charge in [-0.25, -0.2) is 0 Å². The molecule has 1 aromatic carbocycles. The summed E-state index contributed by atoms with van der Waals surface area (Å²) in [5, 5.41) is 0. The topological polar surface area (TPSA) is 9.72 Å². The number of hydrogen-bond donors (Lipinski definition) is 0. The molecule has 0 bridgehead atoms. The van der Waals surface area contributed by atoms with Crippen molar-refractivity contribution in [3.05, 3.63) is 29.8 Å². The predicted octanol–water partition coefficient (Wildman–Crippen LogP) is 2.70. The molecule has 3 heteroatoms. The maximum absolute atomic E-state index is 2.44. The van der Waals surface area contributed by atoms with Crippen LogP contribution >= 0.6 is 0 Å². The maximum atomic E-state index is 2.44. The van der Waals surface area contributed by atoms with Crippen molar-refractivity contribution in [2.75, 3.05) is 59.3 Å². The summed E-state index contributed by atoms with van der Waals surface area (Å²) in [4.78, 5) is 7.05. The van der Waals surface area contributed by atoms with Gasteiger partial charge in [0.05, 0.1) is 0 Å². The highest BCUT2D eigenvalue weighted by atomic mass is 15.1. The van der Waals surface area contributed by atoms with Crippen LogP contribution in [0.25, 0.3) is 0 Å². The Morgan fingerprint density at radius 1 is 0.800 bits per heavy atom. The highest BCUT2D eigenvalue weighted by Crippen LogP contribution is 2.17. The van der Waals surface area contributed by atoms with Crippen LogP contribution in [-0.4, -0.2) is 64.2 Å². The molecule has 0 unspecified atom stereocenters. The molecule has 0 amide bonds. The summed E-state index contributed by atoms with van der Waals surface area (Å²) in [5.74, 6) is 0. The van der Waals surface area contributed by atoms with E-state index in [1.165, 1.54) is 43.7 Å². The van der Waals surface area contributed by atoms with Crippen LogP contribution in [0, 0.1) is 6.92 Å². The molecule has 0 spiro atoms. The van der Waals surface area contributed by atoms with Gasteiger partial charge in [-0.2, -0.15) is 0 Å². The average Bonchev–Trinajstić information content (AvgIpc) is 2.38. The van der Waals surface area contributed by atoms with E-state index in [-0.39, 0.29) is 0 Å². The number of aryl methyl sites for hydroxylation is 1. The summed E-state index contributed by atoms with van der Waals surface area (Å²) >= 11 is 0. The molecule has 20 heavy (non-hydrogen) atoms. The van der Waals surface area contributed by atoms with Gasteiger partial charge in [0.15, 0.2) is 0 Å². The molecule has 0 aliphatic carbocycles. The van der Waals surface area contributed by atoms with E-state index < -0.39 is 0 Å². The zero-order valence-corrected chi connectivity index (χ0v) is 13.9. The predicted molar refractivity (Wildman–Crippen MR) is 89.7 cm³/mol. The quantitative estimate of drug-likeness (QED) is 0.687. The summed E-state index contributed by atoms with van der Waals surface area (Å²) in [6.07, 6.45) is 2.46. The first-order valence-corrected chi connectivity index (χ1v) is 7.60. The lowest BCUT2D eigenvalue weighted by atomic mass is 10.2. The molecule has 0 fully saturated rings. The smallest absolute Gasteiger partial charge is 0.0393 e. The van der Waals surface area contributed by atoms with Gasteiger partial charge in [0.25, 0.3) is 0 Å². The number of rotatable bonds is 9. The van der Waals surface area contributed by atoms with Gasteiger partial charge in [-0.1, -0.05) is 18.2 Å². The number of para-hydroxylation sites is 1. The summed E-state index contributed by atoms with van der Waals surface area (Å²) < 4.78 is 0. The summed E-state index contributed by atoms with van der Waals surface area (Å²) in [5.41, 5.74) is 2.71. The standard InChI is InChI=1S/C17H31N3/c1-16-10-6-7-11-17(16)20(5)15-9-14-19(4)13-8-12-18(2)3/h6-7,10-11H,8-9,12-15H2,1-5H3. The van der Waals surface area contributed by atoms with Crippen LogP contribution in [0.3, 0.4) is 0 Å². The van der Waals surface area contributed by atoms with Crippen LogP contribution in [0.1, 0.15) is 18.4 Å². The molecule has 1 aromatic rings. The van der Waals surface area contributed by atoms with Crippen molar-refractivity contribution in [3.8, 4) is 0 Å². The van der Waals surface area contributed by atoms with Gasteiger partial charge in [0.2, 0.25) is 0 Å². The minimum atomic E-state index is 1.11. The van der Waals surface area contributed by atoms with Gasteiger partial charge in [-0.05, 0) is 72.2 Å². The van der Waals surface area contributed by atoms with Gasteiger partial charge in [0.1, 0.15) is 0 Å². The first-order valence-electron chi connectivity index (χ1n) is 7.60. The number of benzene rings is 1. The second-order valence-corrected chi connectivity index (χ2v) is 6.02. The molecule has 114 valence electrons. The van der Waals surface area contributed by atoms with Gasteiger partial charge < -0.3 is 14.7 Å². The zero-order valence-electron chi connectivity index (χ0n) is 13.9. The molecule has 1 rings (SSSR count). The van der Waals surface area contributed by atoms with Crippen LogP contribution in [0.15, 0.2) is 24.3 Å². The highest BCUT2D eigenvalue weighted by molar-refractivity contribution is 5.52. The molecular formula is C17H31N3. The van der Waals surface area contributed by atoms with Crippen molar-refractivity contribution in [3.63, 3.8) is 0 Å². The average molecular weight is 277 g/mol. The van der Waals surface area contributed by atoms with E-state index in [0.717, 1.165) is 6.54 Å². The number of anilines is 1. The molecule has 3 nitrogen and oxygen atoms in total. The van der Waals surface area contributed by atoms with E-state index in [2.05, 4.69) is 74.1 Å². The Bertz CT molecular complexity index is 376. The summed E-state index contributed by atoms with van der Waals surface area (Å²) in [6.45, 7) is 6.82. The maximum Gasteiger partial charge on any atom is 0.0393 e. The second-order valence-electron chi connectivity index (χ2n) is 6.02. The third kappa shape index (κ3) is 6.40. The van der Waals surface area contributed by atoms with Gasteiger partial charge in [0, 0.05) is 19.3 Å². The lowest BCUT2D eigenvalue weighted by Crippen LogP contribution is -2.28. The van der Waals surface area contributed by atoms with Crippen molar-refractivity contribution in [2.24, 2.45) is 0 Å². The Balaban J connectivity index is 2.22. The van der Waals surface area contributed by atoms with Crippen LogP contribution in [0.4, 0.5) is 5.69 Å². The Morgan fingerprint density at radius 2 is 1.40 bits per heavy atom. The minimum Gasteiger partial charge on any atom is -0.374 e. The summed E-state index contributed by atoms with van der Waals surface area (Å²) in [7, 11) is 8.69. The first-order chi connectivity index (χ1) is 9.50. The second kappa shape index (κ2) is 8.98. The van der Waals surface area contributed by atoms with Crippen molar-refractivity contribution >= 4 is 5.69 Å². The SMILES string of the molecule is Cc1ccccc1N(C)CCCN(C)CCCN(C)C. The fourth-order valence-corrected chi connectivity index (χ4v) is 2.46. The largest absolute Gasteiger partial charge is 0.374 e. The molecule has 0 N–H and O–H groups in total. The van der Waals surface area contributed by atoms with Crippen molar-refractivity contribution in [1.82, 2.24) is 9.80 Å². The molecule has 0 aliphatic heterocycles. The number of nitrogens with zero attached hydrogens (tertiary/aromatic N) is 3. The number of hydrogen-bond acceptors (Lipinski definition) is 3. The van der Waals surface area contributed by atoms with Gasteiger partial charge in [-0.15, -0.1) is 0 Å². The van der Waals surface area contributed by atoms with E-state index in [9.17, 15) is 0 Å². The Morgan fingerprint density at radius 3 is 2.00 bits per heavy atom. The zero-order chi connectivity index (χ0) is 15.0. The van der Waals surface area contributed by atoms with Crippen LogP contribution < -0.4 is 4.90 Å². The fourth-order valence-electron chi connectivity index (χ4n) is 2.46. The van der Waals surface area contributed by atoms with Crippen LogP contribution in [-0.2, 0) is 0 Å². The molecule has 0 saturated carbocycles. The third-order valence-electron chi connectivity index (χ3n) is 3.71. The highest BCUT2D eigenvalue weighted by Gasteiger charge is 2.04. The molecule has 0 heterocycles. The molecule has 0 radical (unpaired) electrons. The molecule has 0 atom stereocenters. The van der Waals surface area contributed by atoms with Crippen molar-refractivity contribution < 1.29 is 0 Å². The molecule has 0 saturated heterocycles. The lowest BCUT2D eigenvalue weighted by molar-refractivity contribution is 0.298. The summed E-state index contributed by atoms with van der Waals surface area (Å²) in [6, 6.07) is 8.60. The first kappa shape index (κ1) is 17.0. The van der Waals surface area contributed by atoms with E-state index in [1.54, 1.807) is 0 Å².